The number of halogens is 2. The summed E-state index contributed by atoms with van der Waals surface area (Å²) in [5.74, 6) is -0.197. The molecule has 0 aliphatic carbocycles. The first-order chi connectivity index (χ1) is 7.66. The second-order valence-corrected chi connectivity index (χ2v) is 5.13. The van der Waals surface area contributed by atoms with Gasteiger partial charge in [0.1, 0.15) is 5.82 Å². The molecule has 0 unspecified atom stereocenters. The van der Waals surface area contributed by atoms with Gasteiger partial charge in [-0.05, 0) is 40.5 Å². The fourth-order valence-electron chi connectivity index (χ4n) is 1.99. The van der Waals surface area contributed by atoms with Crippen molar-refractivity contribution < 1.29 is 4.39 Å². The maximum Gasteiger partial charge on any atom is 0.137 e. The molecule has 4 heteroatoms. The topological polar surface area (TPSA) is 15.3 Å². The first-order valence-corrected chi connectivity index (χ1v) is 6.35. The molecule has 1 aromatic carbocycles. The molecule has 2 nitrogen and oxygen atoms in total. The summed E-state index contributed by atoms with van der Waals surface area (Å²) in [6.07, 6.45) is 0. The molecule has 0 amide bonds. The lowest BCUT2D eigenvalue weighted by atomic mass is 10.1. The fraction of sp³-hybridized carbons (Fsp3) is 0.500. The van der Waals surface area contributed by atoms with E-state index in [1.807, 2.05) is 12.1 Å². The average Bonchev–Trinajstić information content (AvgIpc) is 2.27. The molecule has 16 heavy (non-hydrogen) atoms. The van der Waals surface area contributed by atoms with E-state index >= 15 is 0 Å². The molecule has 0 bridgehead atoms. The van der Waals surface area contributed by atoms with Crippen molar-refractivity contribution in [2.24, 2.45) is 0 Å². The molecule has 0 radical (unpaired) electrons. The third-order valence-electron chi connectivity index (χ3n) is 3.01. The molecule has 0 aromatic heterocycles. The zero-order valence-electron chi connectivity index (χ0n) is 9.34. The number of benzene rings is 1. The molecule has 1 fully saturated rings. The van der Waals surface area contributed by atoms with E-state index in [2.05, 4.69) is 33.1 Å². The molecule has 1 N–H and O–H groups in total. The lowest BCUT2D eigenvalue weighted by molar-refractivity contribution is 0.165. The molecule has 88 valence electrons. The summed E-state index contributed by atoms with van der Waals surface area (Å²) in [7, 11) is 0. The van der Waals surface area contributed by atoms with E-state index in [4.69, 9.17) is 0 Å². The summed E-state index contributed by atoms with van der Waals surface area (Å²) < 4.78 is 13.6. The summed E-state index contributed by atoms with van der Waals surface area (Å²) in [4.78, 5) is 2.41. The third-order valence-corrected chi connectivity index (χ3v) is 3.62. The molecule has 1 heterocycles. The van der Waals surface area contributed by atoms with Gasteiger partial charge >= 0.3 is 0 Å². The van der Waals surface area contributed by atoms with Crippen LogP contribution in [0.2, 0.25) is 0 Å². The van der Waals surface area contributed by atoms with Crippen LogP contribution in [0.15, 0.2) is 22.7 Å². The Morgan fingerprint density at radius 1 is 1.56 bits per heavy atom. The number of rotatable bonds is 2. The highest BCUT2D eigenvalue weighted by Crippen LogP contribution is 2.18. The second kappa shape index (κ2) is 5.25. The van der Waals surface area contributed by atoms with E-state index in [-0.39, 0.29) is 5.82 Å². The molecule has 1 aliphatic rings. The van der Waals surface area contributed by atoms with Gasteiger partial charge in [0.15, 0.2) is 0 Å². The number of hydrogen-bond donors (Lipinski definition) is 1. The third kappa shape index (κ3) is 2.81. The van der Waals surface area contributed by atoms with Crippen LogP contribution in [-0.2, 0) is 6.54 Å². The highest BCUT2D eigenvalue weighted by atomic mass is 79.9. The van der Waals surface area contributed by atoms with Crippen LogP contribution in [0.1, 0.15) is 12.5 Å². The first-order valence-electron chi connectivity index (χ1n) is 5.55. The van der Waals surface area contributed by atoms with Crippen LogP contribution in [0.3, 0.4) is 0 Å². The second-order valence-electron chi connectivity index (χ2n) is 4.27. The molecule has 1 atom stereocenters. The van der Waals surface area contributed by atoms with Gasteiger partial charge < -0.3 is 5.32 Å². The number of nitrogens with zero attached hydrogens (tertiary/aromatic N) is 1. The predicted molar refractivity (Wildman–Crippen MR) is 66.8 cm³/mol. The Labute approximate surface area is 104 Å². The van der Waals surface area contributed by atoms with Crippen molar-refractivity contribution in [2.45, 2.75) is 19.5 Å². The predicted octanol–water partition coefficient (Wildman–Crippen LogP) is 2.38. The van der Waals surface area contributed by atoms with Gasteiger partial charge in [0.25, 0.3) is 0 Å². The standard InChI is InChI=1S/C12H16BrFN2/c1-9-7-15-4-5-16(9)8-10-2-3-12(14)11(13)6-10/h2-3,6,9,15H,4-5,7-8H2,1H3/t9-/m1/s1. The van der Waals surface area contributed by atoms with E-state index in [1.165, 1.54) is 6.07 Å². The minimum absolute atomic E-state index is 0.197. The normalized spacial score (nSPS) is 22.3. The van der Waals surface area contributed by atoms with E-state index in [1.54, 1.807) is 0 Å². The van der Waals surface area contributed by atoms with Crippen molar-refractivity contribution in [2.75, 3.05) is 19.6 Å². The van der Waals surface area contributed by atoms with Crippen LogP contribution in [-0.4, -0.2) is 30.6 Å². The summed E-state index contributed by atoms with van der Waals surface area (Å²) in [6, 6.07) is 5.78. The quantitative estimate of drug-likeness (QED) is 0.898. The first kappa shape index (κ1) is 12.0. The molecule has 1 aromatic rings. The van der Waals surface area contributed by atoms with E-state index < -0.39 is 0 Å². The van der Waals surface area contributed by atoms with Gasteiger partial charge in [-0.25, -0.2) is 4.39 Å². The Kier molecular flexibility index (Phi) is 3.95. The van der Waals surface area contributed by atoms with Crippen molar-refractivity contribution in [3.63, 3.8) is 0 Å². The minimum Gasteiger partial charge on any atom is -0.314 e. The minimum atomic E-state index is -0.197. The lowest BCUT2D eigenvalue weighted by Crippen LogP contribution is -2.49. The Bertz CT molecular complexity index is 370. The largest absolute Gasteiger partial charge is 0.314 e. The molecule has 1 saturated heterocycles. The molecular weight excluding hydrogens is 271 g/mol. The van der Waals surface area contributed by atoms with Crippen LogP contribution in [0.25, 0.3) is 0 Å². The van der Waals surface area contributed by atoms with E-state index in [9.17, 15) is 4.39 Å². The smallest absolute Gasteiger partial charge is 0.137 e. The van der Waals surface area contributed by atoms with Crippen molar-refractivity contribution in [1.82, 2.24) is 10.2 Å². The zero-order valence-corrected chi connectivity index (χ0v) is 10.9. The van der Waals surface area contributed by atoms with Gasteiger partial charge in [-0.3, -0.25) is 4.90 Å². The highest BCUT2D eigenvalue weighted by Gasteiger charge is 2.17. The van der Waals surface area contributed by atoms with Gasteiger partial charge in [-0.15, -0.1) is 0 Å². The summed E-state index contributed by atoms with van der Waals surface area (Å²) in [5, 5.41) is 3.36. The van der Waals surface area contributed by atoms with E-state index in [0.29, 0.717) is 10.5 Å². The maximum absolute atomic E-state index is 13.1. The van der Waals surface area contributed by atoms with Crippen molar-refractivity contribution in [1.29, 1.82) is 0 Å². The van der Waals surface area contributed by atoms with Crippen molar-refractivity contribution in [3.05, 3.63) is 34.1 Å². The van der Waals surface area contributed by atoms with Crippen LogP contribution in [0.4, 0.5) is 4.39 Å². The summed E-state index contributed by atoms with van der Waals surface area (Å²) in [6.45, 7) is 6.22. The van der Waals surface area contributed by atoms with Crippen molar-refractivity contribution in [3.8, 4) is 0 Å². The van der Waals surface area contributed by atoms with Crippen molar-refractivity contribution >= 4 is 15.9 Å². The fourth-order valence-corrected chi connectivity index (χ4v) is 2.42. The maximum atomic E-state index is 13.1. The Morgan fingerprint density at radius 3 is 3.06 bits per heavy atom. The van der Waals surface area contributed by atoms with Gasteiger partial charge in [-0.2, -0.15) is 0 Å². The molecule has 2 rings (SSSR count). The highest BCUT2D eigenvalue weighted by molar-refractivity contribution is 9.10. The van der Waals surface area contributed by atoms with Gasteiger partial charge in [-0.1, -0.05) is 6.07 Å². The molecular formula is C12H16BrFN2. The average molecular weight is 287 g/mol. The Morgan fingerprint density at radius 2 is 2.38 bits per heavy atom. The Hall–Kier alpha value is -0.450. The number of piperazine rings is 1. The zero-order chi connectivity index (χ0) is 11.5. The monoisotopic (exact) mass is 286 g/mol. The van der Waals surface area contributed by atoms with Crippen LogP contribution >= 0.6 is 15.9 Å². The Balaban J connectivity index is 2.05. The number of nitrogens with one attached hydrogen (secondary N) is 1. The molecule has 1 aliphatic heterocycles. The summed E-state index contributed by atoms with van der Waals surface area (Å²) >= 11 is 3.22. The number of hydrogen-bond acceptors (Lipinski definition) is 2. The van der Waals surface area contributed by atoms with Crippen LogP contribution in [0, 0.1) is 5.82 Å². The molecule has 0 saturated carbocycles. The van der Waals surface area contributed by atoms with Crippen LogP contribution in [0.5, 0.6) is 0 Å². The van der Waals surface area contributed by atoms with Gasteiger partial charge in [0.05, 0.1) is 4.47 Å². The van der Waals surface area contributed by atoms with Gasteiger partial charge in [0.2, 0.25) is 0 Å². The summed E-state index contributed by atoms with van der Waals surface area (Å²) in [5.41, 5.74) is 1.15. The van der Waals surface area contributed by atoms with E-state index in [0.717, 1.165) is 31.7 Å². The molecule has 0 spiro atoms. The van der Waals surface area contributed by atoms with Crippen LogP contribution < -0.4 is 5.32 Å². The lowest BCUT2D eigenvalue weighted by Gasteiger charge is -2.33. The SMILES string of the molecule is C[C@@H]1CNCCN1Cc1ccc(F)c(Br)c1. The van der Waals surface area contributed by atoms with Gasteiger partial charge in [0, 0.05) is 32.2 Å².